The molecule has 0 saturated heterocycles. The van der Waals surface area contributed by atoms with Crippen molar-refractivity contribution in [1.82, 2.24) is 19.7 Å². The average Bonchev–Trinajstić information content (AvgIpc) is 2.87. The van der Waals surface area contributed by atoms with Crippen molar-refractivity contribution in [3.8, 4) is 11.4 Å². The lowest BCUT2D eigenvalue weighted by Gasteiger charge is -2.05. The summed E-state index contributed by atoms with van der Waals surface area (Å²) in [5.41, 5.74) is 7.68. The maximum Gasteiger partial charge on any atom is 0.207 e. The maximum absolute atomic E-state index is 6.03. The second kappa shape index (κ2) is 2.75. The summed E-state index contributed by atoms with van der Waals surface area (Å²) in [6.45, 7) is 1.87. The normalized spacial score (nSPS) is 14.6. The summed E-state index contributed by atoms with van der Waals surface area (Å²) in [7, 11) is 2.02. The van der Waals surface area contributed by atoms with Gasteiger partial charge < -0.3 is 10.6 Å². The molecule has 0 radical (unpaired) electrons. The van der Waals surface area contributed by atoms with Crippen molar-refractivity contribution < 1.29 is 0 Å². The Kier molecular flexibility index (Phi) is 1.53. The van der Waals surface area contributed by atoms with Gasteiger partial charge in [0.05, 0.1) is 5.69 Å². The third-order valence-electron chi connectivity index (χ3n) is 2.74. The highest BCUT2D eigenvalue weighted by atomic mass is 15.4. The maximum atomic E-state index is 6.03. The number of fused-ring (bicyclic) bond motifs is 1. The van der Waals surface area contributed by atoms with Crippen LogP contribution in [0.2, 0.25) is 0 Å². The number of hydrogen-bond donors (Lipinski definition) is 2. The zero-order valence-corrected chi connectivity index (χ0v) is 8.44. The van der Waals surface area contributed by atoms with E-state index in [0.29, 0.717) is 5.82 Å². The van der Waals surface area contributed by atoms with E-state index in [4.69, 9.17) is 5.73 Å². The first kappa shape index (κ1) is 8.34. The molecule has 15 heavy (non-hydrogen) atoms. The molecule has 2 aromatic heterocycles. The van der Waals surface area contributed by atoms with E-state index in [2.05, 4.69) is 20.1 Å². The standard InChI is InChI=1S/C9H12N6/c1-14-4-5-15-8(10)7(12-9(14)15)6-2-3-11-13-6/h2-3H,4-5,10H2,1H3,(H,11,13). The van der Waals surface area contributed by atoms with Crippen LogP contribution in [-0.2, 0) is 6.54 Å². The molecular formula is C9H12N6. The minimum Gasteiger partial charge on any atom is -0.383 e. The summed E-state index contributed by atoms with van der Waals surface area (Å²) in [6, 6.07) is 1.87. The topological polar surface area (TPSA) is 75.8 Å². The summed E-state index contributed by atoms with van der Waals surface area (Å²) in [4.78, 5) is 6.60. The van der Waals surface area contributed by atoms with Crippen molar-refractivity contribution in [3.05, 3.63) is 12.3 Å². The molecule has 6 nitrogen and oxygen atoms in total. The number of rotatable bonds is 1. The Morgan fingerprint density at radius 2 is 2.33 bits per heavy atom. The van der Waals surface area contributed by atoms with E-state index in [-0.39, 0.29) is 0 Å². The molecule has 3 heterocycles. The van der Waals surface area contributed by atoms with Gasteiger partial charge in [-0.3, -0.25) is 9.67 Å². The largest absolute Gasteiger partial charge is 0.383 e. The molecule has 0 spiro atoms. The molecule has 0 atom stereocenters. The van der Waals surface area contributed by atoms with Crippen LogP contribution in [-0.4, -0.2) is 33.3 Å². The number of imidazole rings is 1. The van der Waals surface area contributed by atoms with E-state index in [1.54, 1.807) is 6.20 Å². The average molecular weight is 204 g/mol. The third-order valence-corrected chi connectivity index (χ3v) is 2.74. The number of aromatic amines is 1. The third kappa shape index (κ3) is 1.04. The van der Waals surface area contributed by atoms with Crippen LogP contribution in [0.4, 0.5) is 11.8 Å². The fraction of sp³-hybridized carbons (Fsp3) is 0.333. The van der Waals surface area contributed by atoms with Crippen molar-refractivity contribution >= 4 is 11.8 Å². The van der Waals surface area contributed by atoms with Gasteiger partial charge in [-0.2, -0.15) is 5.10 Å². The van der Waals surface area contributed by atoms with Crippen molar-refractivity contribution in [2.75, 3.05) is 24.2 Å². The van der Waals surface area contributed by atoms with Crippen molar-refractivity contribution in [3.63, 3.8) is 0 Å². The molecule has 0 aliphatic carbocycles. The lowest BCUT2D eigenvalue weighted by Crippen LogP contribution is -2.13. The molecule has 78 valence electrons. The van der Waals surface area contributed by atoms with Gasteiger partial charge in [0.15, 0.2) is 0 Å². The molecule has 0 aromatic carbocycles. The summed E-state index contributed by atoms with van der Waals surface area (Å²) < 4.78 is 2.02. The van der Waals surface area contributed by atoms with Gasteiger partial charge in [-0.25, -0.2) is 4.98 Å². The molecule has 1 aliphatic rings. The zero-order chi connectivity index (χ0) is 10.4. The second-order valence-corrected chi connectivity index (χ2v) is 3.69. The van der Waals surface area contributed by atoms with Crippen molar-refractivity contribution in [1.29, 1.82) is 0 Å². The Labute approximate surface area is 86.7 Å². The highest BCUT2D eigenvalue weighted by Gasteiger charge is 2.23. The fourth-order valence-electron chi connectivity index (χ4n) is 1.90. The van der Waals surface area contributed by atoms with Crippen molar-refractivity contribution in [2.45, 2.75) is 6.54 Å². The summed E-state index contributed by atoms with van der Waals surface area (Å²) in [5, 5.41) is 6.77. The van der Waals surface area contributed by atoms with E-state index < -0.39 is 0 Å². The Bertz CT molecular complexity index is 483. The molecule has 3 N–H and O–H groups in total. The monoisotopic (exact) mass is 204 g/mol. The lowest BCUT2D eigenvalue weighted by atomic mass is 10.3. The van der Waals surface area contributed by atoms with Gasteiger partial charge in [-0.1, -0.05) is 0 Å². The van der Waals surface area contributed by atoms with Gasteiger partial charge in [0.1, 0.15) is 11.5 Å². The molecule has 0 saturated carbocycles. The van der Waals surface area contributed by atoms with Crippen molar-refractivity contribution in [2.24, 2.45) is 0 Å². The first-order valence-corrected chi connectivity index (χ1v) is 4.84. The lowest BCUT2D eigenvalue weighted by molar-refractivity contribution is 0.804. The molecule has 1 aliphatic heterocycles. The quantitative estimate of drug-likeness (QED) is 0.700. The highest BCUT2D eigenvalue weighted by Crippen LogP contribution is 2.31. The first-order valence-electron chi connectivity index (χ1n) is 4.84. The number of H-pyrrole nitrogens is 1. The Balaban J connectivity index is 2.16. The fourth-order valence-corrected chi connectivity index (χ4v) is 1.90. The number of anilines is 2. The van der Waals surface area contributed by atoms with E-state index in [1.807, 2.05) is 17.7 Å². The van der Waals surface area contributed by atoms with E-state index in [9.17, 15) is 0 Å². The molecule has 0 amide bonds. The van der Waals surface area contributed by atoms with Crippen LogP contribution in [0, 0.1) is 0 Å². The predicted octanol–water partition coefficient (Wildman–Crippen LogP) is 0.305. The van der Waals surface area contributed by atoms with E-state index in [1.165, 1.54) is 0 Å². The molecule has 2 aromatic rings. The smallest absolute Gasteiger partial charge is 0.207 e. The van der Waals surface area contributed by atoms with Crippen LogP contribution in [0.1, 0.15) is 0 Å². The van der Waals surface area contributed by atoms with Gasteiger partial charge in [-0.05, 0) is 6.07 Å². The van der Waals surface area contributed by atoms with Gasteiger partial charge in [0, 0.05) is 26.3 Å². The number of nitrogens with one attached hydrogen (secondary N) is 1. The molecule has 0 fully saturated rings. The Hall–Kier alpha value is -1.98. The summed E-state index contributed by atoms with van der Waals surface area (Å²) in [5.74, 6) is 1.63. The van der Waals surface area contributed by atoms with E-state index in [0.717, 1.165) is 30.4 Å². The predicted molar refractivity (Wildman–Crippen MR) is 57.5 cm³/mol. The first-order chi connectivity index (χ1) is 7.27. The van der Waals surface area contributed by atoms with Gasteiger partial charge >= 0.3 is 0 Å². The Morgan fingerprint density at radius 3 is 3.00 bits per heavy atom. The number of nitrogen functional groups attached to an aromatic ring is 1. The zero-order valence-electron chi connectivity index (χ0n) is 8.44. The molecule has 0 unspecified atom stereocenters. The van der Waals surface area contributed by atoms with Crippen LogP contribution in [0.25, 0.3) is 11.4 Å². The van der Waals surface area contributed by atoms with Gasteiger partial charge in [0.2, 0.25) is 5.95 Å². The van der Waals surface area contributed by atoms with Crippen LogP contribution in [0.3, 0.4) is 0 Å². The van der Waals surface area contributed by atoms with Crippen LogP contribution < -0.4 is 10.6 Å². The molecular weight excluding hydrogens is 192 g/mol. The van der Waals surface area contributed by atoms with Crippen LogP contribution in [0.5, 0.6) is 0 Å². The van der Waals surface area contributed by atoms with E-state index >= 15 is 0 Å². The molecule has 0 bridgehead atoms. The van der Waals surface area contributed by atoms with Crippen LogP contribution in [0.15, 0.2) is 12.3 Å². The van der Waals surface area contributed by atoms with Gasteiger partial charge in [-0.15, -0.1) is 0 Å². The summed E-state index contributed by atoms with van der Waals surface area (Å²) >= 11 is 0. The molecule has 6 heteroatoms. The minimum absolute atomic E-state index is 0.707. The minimum atomic E-state index is 0.707. The number of likely N-dealkylation sites (N-methyl/N-ethyl adjacent to an activating group) is 1. The highest BCUT2D eigenvalue weighted by molar-refractivity contribution is 5.71. The molecule has 3 rings (SSSR count). The second-order valence-electron chi connectivity index (χ2n) is 3.69. The number of nitrogens with two attached hydrogens (primary N) is 1. The number of hydrogen-bond acceptors (Lipinski definition) is 4. The van der Waals surface area contributed by atoms with Crippen LogP contribution >= 0.6 is 0 Å². The SMILES string of the molecule is CN1CCn2c1nc(-c1ccn[nH]1)c2N. The number of aromatic nitrogens is 4. The number of nitrogens with zero attached hydrogens (tertiary/aromatic N) is 4. The van der Waals surface area contributed by atoms with Gasteiger partial charge in [0.25, 0.3) is 0 Å². The summed E-state index contributed by atoms with van der Waals surface area (Å²) in [6.07, 6.45) is 1.70. The Morgan fingerprint density at radius 1 is 1.47 bits per heavy atom.